The minimum absolute atomic E-state index is 0.160. The highest BCUT2D eigenvalue weighted by molar-refractivity contribution is 5.32. The van der Waals surface area contributed by atoms with Crippen LogP contribution in [0, 0.1) is 6.92 Å². The van der Waals surface area contributed by atoms with Gasteiger partial charge in [0.25, 0.3) is 0 Å². The zero-order valence-electron chi connectivity index (χ0n) is 19.9. The van der Waals surface area contributed by atoms with Gasteiger partial charge in [-0.15, -0.1) is 0 Å². The molecule has 0 amide bonds. The maximum atomic E-state index is 11.7. The van der Waals surface area contributed by atoms with E-state index in [1.54, 1.807) is 0 Å². The molecule has 2 aliphatic rings. The quantitative estimate of drug-likeness (QED) is 0.654. The van der Waals surface area contributed by atoms with E-state index < -0.39 is 5.60 Å². The summed E-state index contributed by atoms with van der Waals surface area (Å²) >= 11 is 0. The maximum absolute atomic E-state index is 11.7. The Morgan fingerprint density at radius 2 is 1.56 bits per heavy atom. The van der Waals surface area contributed by atoms with Crippen molar-refractivity contribution in [1.82, 2.24) is 9.80 Å². The Labute approximate surface area is 194 Å². The minimum atomic E-state index is -0.588. The molecule has 0 radical (unpaired) electrons. The summed E-state index contributed by atoms with van der Waals surface area (Å²) in [5, 5.41) is 11.7. The van der Waals surface area contributed by atoms with Gasteiger partial charge in [0.1, 0.15) is 5.75 Å². The lowest BCUT2D eigenvalue weighted by atomic mass is 9.72. The summed E-state index contributed by atoms with van der Waals surface area (Å²) in [6.45, 7) is 8.13. The molecule has 32 heavy (non-hydrogen) atoms. The zero-order valence-corrected chi connectivity index (χ0v) is 19.9. The number of ether oxygens (including phenoxy) is 1. The predicted molar refractivity (Wildman–Crippen MR) is 132 cm³/mol. The van der Waals surface area contributed by atoms with Gasteiger partial charge in [0.05, 0.1) is 12.2 Å². The Bertz CT molecular complexity index is 820. The van der Waals surface area contributed by atoms with Crippen molar-refractivity contribution in [1.29, 1.82) is 0 Å². The van der Waals surface area contributed by atoms with Gasteiger partial charge in [-0.1, -0.05) is 61.2 Å². The second-order valence-corrected chi connectivity index (χ2v) is 9.97. The number of aryl methyl sites for hydroxylation is 1. The molecule has 174 valence electrons. The first kappa shape index (κ1) is 23.3. The topological polar surface area (TPSA) is 35.9 Å². The third-order valence-corrected chi connectivity index (χ3v) is 7.47. The van der Waals surface area contributed by atoms with Crippen LogP contribution in [0.3, 0.4) is 0 Å². The van der Waals surface area contributed by atoms with Crippen LogP contribution < -0.4 is 4.74 Å². The van der Waals surface area contributed by atoms with E-state index in [4.69, 9.17) is 4.74 Å². The summed E-state index contributed by atoms with van der Waals surface area (Å²) in [6, 6.07) is 17.2. The van der Waals surface area contributed by atoms with Crippen molar-refractivity contribution < 1.29 is 9.84 Å². The Kier molecular flexibility index (Phi) is 7.88. The second kappa shape index (κ2) is 10.8. The van der Waals surface area contributed by atoms with E-state index in [-0.39, 0.29) is 5.92 Å². The monoisotopic (exact) mass is 436 g/mol. The number of nitrogens with zero attached hydrogens (tertiary/aromatic N) is 2. The fourth-order valence-electron chi connectivity index (χ4n) is 5.22. The first-order chi connectivity index (χ1) is 15.5. The number of benzene rings is 2. The summed E-state index contributed by atoms with van der Waals surface area (Å²) in [7, 11) is 2.20. The lowest BCUT2D eigenvalue weighted by molar-refractivity contribution is -0.0337. The Morgan fingerprint density at radius 3 is 2.22 bits per heavy atom. The molecule has 4 heteroatoms. The molecule has 2 aromatic rings. The van der Waals surface area contributed by atoms with Gasteiger partial charge in [-0.25, -0.2) is 0 Å². The van der Waals surface area contributed by atoms with Crippen LogP contribution in [0.5, 0.6) is 5.75 Å². The molecule has 1 atom stereocenters. The number of piperazine rings is 1. The Hall–Kier alpha value is -1.88. The highest BCUT2D eigenvalue weighted by atomic mass is 16.5. The number of likely N-dealkylation sites (N-methyl/N-ethyl adjacent to an activating group) is 1. The summed E-state index contributed by atoms with van der Waals surface area (Å²) in [5.74, 6) is 1.07. The number of hydrogen-bond acceptors (Lipinski definition) is 4. The first-order valence-corrected chi connectivity index (χ1v) is 12.4. The Balaban J connectivity index is 1.40. The van der Waals surface area contributed by atoms with Crippen LogP contribution in [0.2, 0.25) is 0 Å². The summed E-state index contributed by atoms with van der Waals surface area (Å²) < 4.78 is 6.03. The molecule has 1 saturated heterocycles. The van der Waals surface area contributed by atoms with Gasteiger partial charge in [0.15, 0.2) is 0 Å². The highest BCUT2D eigenvalue weighted by Crippen LogP contribution is 2.41. The molecule has 0 bridgehead atoms. The van der Waals surface area contributed by atoms with Gasteiger partial charge in [-0.3, -0.25) is 0 Å². The molecule has 0 spiro atoms. The fraction of sp³-hybridized carbons (Fsp3) is 0.571. The van der Waals surface area contributed by atoms with Gasteiger partial charge in [-0.2, -0.15) is 0 Å². The fourth-order valence-corrected chi connectivity index (χ4v) is 5.22. The van der Waals surface area contributed by atoms with Crippen molar-refractivity contribution in [3.05, 3.63) is 65.2 Å². The molecule has 4 rings (SSSR count). The van der Waals surface area contributed by atoms with Crippen molar-refractivity contribution in [2.45, 2.75) is 57.0 Å². The van der Waals surface area contributed by atoms with Crippen LogP contribution in [0.25, 0.3) is 0 Å². The van der Waals surface area contributed by atoms with Crippen molar-refractivity contribution in [2.75, 3.05) is 46.4 Å². The largest absolute Gasteiger partial charge is 0.493 e. The SMILES string of the molecule is Cc1ccc(CCOc2ccc(C(CN3CCN(C)CC3)C3(O)CCCCC3)cc2)cc1. The summed E-state index contributed by atoms with van der Waals surface area (Å²) in [5.41, 5.74) is 3.25. The third kappa shape index (κ3) is 6.12. The van der Waals surface area contributed by atoms with E-state index in [1.165, 1.54) is 23.1 Å². The molecular formula is C28H40N2O2. The standard InChI is InChI=1S/C28H40N2O2/c1-23-6-8-24(9-7-23)14-21-32-26-12-10-25(11-13-26)27(28(31)15-4-3-5-16-28)22-30-19-17-29(2)18-20-30/h6-13,27,31H,3-5,14-22H2,1-2H3. The molecule has 2 aromatic carbocycles. The van der Waals surface area contributed by atoms with E-state index in [1.807, 2.05) is 0 Å². The van der Waals surface area contributed by atoms with Gasteiger partial charge >= 0.3 is 0 Å². The van der Waals surface area contributed by atoms with Gasteiger partial charge in [0, 0.05) is 45.1 Å². The van der Waals surface area contributed by atoms with Crippen molar-refractivity contribution >= 4 is 0 Å². The van der Waals surface area contributed by atoms with Crippen LogP contribution >= 0.6 is 0 Å². The lowest BCUT2D eigenvalue weighted by Gasteiger charge is -2.43. The highest BCUT2D eigenvalue weighted by Gasteiger charge is 2.39. The van der Waals surface area contributed by atoms with Crippen molar-refractivity contribution in [3.63, 3.8) is 0 Å². The molecule has 1 N–H and O–H groups in total. The Morgan fingerprint density at radius 1 is 0.906 bits per heavy atom. The van der Waals surface area contributed by atoms with Crippen LogP contribution in [-0.2, 0) is 6.42 Å². The van der Waals surface area contributed by atoms with Crippen LogP contribution in [-0.4, -0.2) is 66.9 Å². The van der Waals surface area contributed by atoms with Gasteiger partial charge < -0.3 is 19.6 Å². The van der Waals surface area contributed by atoms with E-state index >= 15 is 0 Å². The van der Waals surface area contributed by atoms with Crippen molar-refractivity contribution in [3.8, 4) is 5.75 Å². The summed E-state index contributed by atoms with van der Waals surface area (Å²) in [6.07, 6.45) is 6.26. The van der Waals surface area contributed by atoms with Crippen molar-refractivity contribution in [2.24, 2.45) is 0 Å². The van der Waals surface area contributed by atoms with Crippen LogP contribution in [0.4, 0.5) is 0 Å². The number of hydrogen-bond donors (Lipinski definition) is 1. The second-order valence-electron chi connectivity index (χ2n) is 9.97. The van der Waals surface area contributed by atoms with Gasteiger partial charge in [0.2, 0.25) is 0 Å². The van der Waals surface area contributed by atoms with E-state index in [9.17, 15) is 5.11 Å². The zero-order chi connectivity index (χ0) is 22.4. The molecule has 1 unspecified atom stereocenters. The van der Waals surface area contributed by atoms with E-state index in [0.29, 0.717) is 6.61 Å². The molecule has 2 fully saturated rings. The summed E-state index contributed by atoms with van der Waals surface area (Å²) in [4.78, 5) is 4.94. The van der Waals surface area contributed by atoms with Crippen LogP contribution in [0.15, 0.2) is 48.5 Å². The average Bonchev–Trinajstić information content (AvgIpc) is 2.81. The molecular weight excluding hydrogens is 396 g/mol. The molecule has 1 saturated carbocycles. The number of rotatable bonds is 8. The molecule has 1 heterocycles. The number of aliphatic hydroxyl groups is 1. The van der Waals surface area contributed by atoms with E-state index in [2.05, 4.69) is 72.3 Å². The van der Waals surface area contributed by atoms with Crippen LogP contribution in [0.1, 0.15) is 54.7 Å². The smallest absolute Gasteiger partial charge is 0.119 e. The lowest BCUT2D eigenvalue weighted by Crippen LogP contribution is -2.50. The van der Waals surface area contributed by atoms with Gasteiger partial charge in [-0.05, 0) is 50.1 Å². The normalized spacial score (nSPS) is 20.7. The predicted octanol–water partition coefficient (Wildman–Crippen LogP) is 4.64. The molecule has 0 aromatic heterocycles. The average molecular weight is 437 g/mol. The minimum Gasteiger partial charge on any atom is -0.493 e. The first-order valence-electron chi connectivity index (χ1n) is 12.4. The maximum Gasteiger partial charge on any atom is 0.119 e. The third-order valence-electron chi connectivity index (χ3n) is 7.47. The molecule has 4 nitrogen and oxygen atoms in total. The molecule has 1 aliphatic carbocycles. The molecule has 1 aliphatic heterocycles. The van der Waals surface area contributed by atoms with E-state index in [0.717, 1.165) is 70.6 Å².